The molecule has 3 heterocycles. The van der Waals surface area contributed by atoms with Gasteiger partial charge in [0.25, 0.3) is 0 Å². The van der Waals surface area contributed by atoms with Gasteiger partial charge in [-0.1, -0.05) is 11.6 Å². The summed E-state index contributed by atoms with van der Waals surface area (Å²) in [5.74, 6) is 0. The minimum absolute atomic E-state index is 0.0621. The lowest BCUT2D eigenvalue weighted by molar-refractivity contribution is -0.121. The Morgan fingerprint density at radius 3 is 3.11 bits per heavy atom. The van der Waals surface area contributed by atoms with Crippen LogP contribution in [0.2, 0.25) is 5.15 Å². The highest BCUT2D eigenvalue weighted by molar-refractivity contribution is 6.30. The van der Waals surface area contributed by atoms with Crippen LogP contribution in [0.15, 0.2) is 12.3 Å². The molecule has 6 heteroatoms. The fraction of sp³-hybridized carbons (Fsp3) is 0.462. The van der Waals surface area contributed by atoms with Crippen LogP contribution in [0.1, 0.15) is 36.6 Å². The third-order valence-electron chi connectivity index (χ3n) is 3.61. The van der Waals surface area contributed by atoms with Crippen molar-refractivity contribution in [2.24, 2.45) is 0 Å². The van der Waals surface area contributed by atoms with Crippen molar-refractivity contribution in [1.29, 1.82) is 0 Å². The summed E-state index contributed by atoms with van der Waals surface area (Å²) in [6.45, 7) is 2.70. The zero-order valence-electron chi connectivity index (χ0n) is 10.7. The molecule has 1 saturated heterocycles. The van der Waals surface area contributed by atoms with Gasteiger partial charge in [-0.05, 0) is 26.2 Å². The standard InChI is InChI=1S/C13H15ClN4O/c1-9-7-18-12(15-13(9)14)6-10(16-18)11-4-2-3-5-17(11)8-19/h6-8,11H,2-5H2,1H3. The van der Waals surface area contributed by atoms with Gasteiger partial charge in [-0.2, -0.15) is 5.10 Å². The summed E-state index contributed by atoms with van der Waals surface area (Å²) >= 11 is 6.02. The summed E-state index contributed by atoms with van der Waals surface area (Å²) in [6, 6.07) is 1.98. The zero-order valence-corrected chi connectivity index (χ0v) is 11.5. The van der Waals surface area contributed by atoms with Gasteiger partial charge in [-0.3, -0.25) is 4.79 Å². The molecule has 0 radical (unpaired) electrons. The molecule has 1 aliphatic heterocycles. The van der Waals surface area contributed by atoms with Crippen molar-refractivity contribution < 1.29 is 4.79 Å². The fourth-order valence-corrected chi connectivity index (χ4v) is 2.70. The normalized spacial score (nSPS) is 19.9. The topological polar surface area (TPSA) is 50.5 Å². The van der Waals surface area contributed by atoms with Gasteiger partial charge in [0.05, 0.1) is 11.7 Å². The van der Waals surface area contributed by atoms with E-state index in [2.05, 4.69) is 10.1 Å². The van der Waals surface area contributed by atoms with Crippen LogP contribution in [0.3, 0.4) is 0 Å². The van der Waals surface area contributed by atoms with Crippen LogP contribution in [0.5, 0.6) is 0 Å². The number of aromatic nitrogens is 3. The number of likely N-dealkylation sites (tertiary alicyclic amines) is 1. The van der Waals surface area contributed by atoms with Crippen molar-refractivity contribution in [3.05, 3.63) is 28.7 Å². The third-order valence-corrected chi connectivity index (χ3v) is 3.99. The predicted octanol–water partition coefficient (Wildman–Crippen LogP) is 2.37. The number of hydrogen-bond acceptors (Lipinski definition) is 3. The molecule has 19 heavy (non-hydrogen) atoms. The monoisotopic (exact) mass is 278 g/mol. The van der Waals surface area contributed by atoms with E-state index >= 15 is 0 Å². The lowest BCUT2D eigenvalue weighted by Gasteiger charge is -2.31. The van der Waals surface area contributed by atoms with Gasteiger partial charge >= 0.3 is 0 Å². The van der Waals surface area contributed by atoms with Gasteiger partial charge in [0.2, 0.25) is 6.41 Å². The maximum Gasteiger partial charge on any atom is 0.210 e. The Hall–Kier alpha value is -1.62. The molecule has 2 aromatic rings. The number of carbonyl (C=O) groups is 1. The van der Waals surface area contributed by atoms with Crippen LogP contribution in [-0.4, -0.2) is 32.5 Å². The highest BCUT2D eigenvalue weighted by Gasteiger charge is 2.25. The van der Waals surface area contributed by atoms with E-state index in [9.17, 15) is 4.79 Å². The minimum Gasteiger partial charge on any atom is -0.337 e. The molecule has 0 N–H and O–H groups in total. The number of amides is 1. The molecule has 1 aliphatic rings. The number of fused-ring (bicyclic) bond motifs is 1. The van der Waals surface area contributed by atoms with E-state index in [0.29, 0.717) is 5.15 Å². The van der Waals surface area contributed by atoms with Crippen molar-refractivity contribution in [1.82, 2.24) is 19.5 Å². The molecule has 2 aromatic heterocycles. The molecule has 1 atom stereocenters. The highest BCUT2D eigenvalue weighted by atomic mass is 35.5. The maximum absolute atomic E-state index is 11.1. The molecule has 3 rings (SSSR count). The molecule has 1 unspecified atom stereocenters. The van der Waals surface area contributed by atoms with Crippen LogP contribution in [0.4, 0.5) is 0 Å². The van der Waals surface area contributed by atoms with Crippen LogP contribution in [0.25, 0.3) is 5.65 Å². The van der Waals surface area contributed by atoms with E-state index < -0.39 is 0 Å². The second kappa shape index (κ2) is 4.81. The molecular weight excluding hydrogens is 264 g/mol. The van der Waals surface area contributed by atoms with Crippen molar-refractivity contribution in [2.45, 2.75) is 32.2 Å². The fourth-order valence-electron chi connectivity index (χ4n) is 2.57. The molecule has 0 spiro atoms. The summed E-state index contributed by atoms with van der Waals surface area (Å²) in [5.41, 5.74) is 2.50. The smallest absolute Gasteiger partial charge is 0.210 e. The second-order valence-electron chi connectivity index (χ2n) is 4.94. The molecule has 100 valence electrons. The van der Waals surface area contributed by atoms with Crippen LogP contribution < -0.4 is 0 Å². The molecule has 1 fully saturated rings. The van der Waals surface area contributed by atoms with E-state index in [-0.39, 0.29) is 6.04 Å². The average Bonchev–Trinajstić information content (AvgIpc) is 2.82. The summed E-state index contributed by atoms with van der Waals surface area (Å²) in [6.07, 6.45) is 5.92. The third kappa shape index (κ3) is 2.18. The van der Waals surface area contributed by atoms with E-state index in [0.717, 1.165) is 49.1 Å². The molecule has 5 nitrogen and oxygen atoms in total. The van der Waals surface area contributed by atoms with Crippen molar-refractivity contribution >= 4 is 23.7 Å². The largest absolute Gasteiger partial charge is 0.337 e. The van der Waals surface area contributed by atoms with E-state index in [1.165, 1.54) is 0 Å². The van der Waals surface area contributed by atoms with E-state index in [1.54, 1.807) is 4.52 Å². The first-order chi connectivity index (χ1) is 9.19. The van der Waals surface area contributed by atoms with Gasteiger partial charge in [0, 0.05) is 24.4 Å². The van der Waals surface area contributed by atoms with Crippen molar-refractivity contribution in [3.63, 3.8) is 0 Å². The first-order valence-electron chi connectivity index (χ1n) is 6.42. The first-order valence-corrected chi connectivity index (χ1v) is 6.80. The molecule has 1 amide bonds. The maximum atomic E-state index is 11.1. The molecule has 0 bridgehead atoms. The number of piperidine rings is 1. The lowest BCUT2D eigenvalue weighted by atomic mass is 10.0. The number of aryl methyl sites for hydroxylation is 1. The summed E-state index contributed by atoms with van der Waals surface area (Å²) in [5, 5.41) is 5.03. The lowest BCUT2D eigenvalue weighted by Crippen LogP contribution is -2.32. The Labute approximate surface area is 116 Å². The van der Waals surface area contributed by atoms with E-state index in [1.807, 2.05) is 24.1 Å². The zero-order chi connectivity index (χ0) is 13.4. The van der Waals surface area contributed by atoms with Crippen LogP contribution in [0, 0.1) is 6.92 Å². The second-order valence-corrected chi connectivity index (χ2v) is 5.30. The van der Waals surface area contributed by atoms with Gasteiger partial charge in [-0.25, -0.2) is 9.50 Å². The van der Waals surface area contributed by atoms with Crippen molar-refractivity contribution in [3.8, 4) is 0 Å². The molecule has 0 aliphatic carbocycles. The Morgan fingerprint density at radius 1 is 1.47 bits per heavy atom. The van der Waals surface area contributed by atoms with Gasteiger partial charge in [0.15, 0.2) is 5.65 Å². The van der Waals surface area contributed by atoms with Crippen LogP contribution >= 0.6 is 11.6 Å². The molecular formula is C13H15ClN4O. The number of rotatable bonds is 2. The quantitative estimate of drug-likeness (QED) is 0.626. The van der Waals surface area contributed by atoms with Crippen molar-refractivity contribution in [2.75, 3.05) is 6.54 Å². The highest BCUT2D eigenvalue weighted by Crippen LogP contribution is 2.29. The number of carbonyl (C=O) groups excluding carboxylic acids is 1. The summed E-state index contributed by atoms with van der Waals surface area (Å²) in [4.78, 5) is 17.2. The van der Waals surface area contributed by atoms with Gasteiger partial charge in [-0.15, -0.1) is 0 Å². The SMILES string of the molecule is Cc1cn2nc(C3CCCCN3C=O)cc2nc1Cl. The van der Waals surface area contributed by atoms with Gasteiger partial charge in [0.1, 0.15) is 5.15 Å². The van der Waals surface area contributed by atoms with E-state index in [4.69, 9.17) is 11.6 Å². The Bertz CT molecular complexity index is 585. The number of halogens is 1. The molecule has 0 saturated carbocycles. The van der Waals surface area contributed by atoms with Gasteiger partial charge < -0.3 is 4.90 Å². The summed E-state index contributed by atoms with van der Waals surface area (Å²) < 4.78 is 1.73. The minimum atomic E-state index is 0.0621. The Morgan fingerprint density at radius 2 is 2.32 bits per heavy atom. The first kappa shape index (κ1) is 12.4. The number of nitrogens with zero attached hydrogens (tertiary/aromatic N) is 4. The average molecular weight is 279 g/mol. The van der Waals surface area contributed by atoms with Crippen LogP contribution in [-0.2, 0) is 4.79 Å². The molecule has 0 aromatic carbocycles. The number of hydrogen-bond donors (Lipinski definition) is 0. The summed E-state index contributed by atoms with van der Waals surface area (Å²) in [7, 11) is 0. The Kier molecular flexibility index (Phi) is 3.14. The Balaban J connectivity index is 2.02. The predicted molar refractivity (Wildman–Crippen MR) is 72.1 cm³/mol.